The average Bonchev–Trinajstić information content (AvgIpc) is 2.63. The molecule has 0 saturated carbocycles. The van der Waals surface area contributed by atoms with Crippen LogP contribution >= 0.6 is 11.6 Å². The van der Waals surface area contributed by atoms with E-state index >= 15 is 0 Å². The Bertz CT molecular complexity index is 923. The first-order valence-corrected chi connectivity index (χ1v) is 8.59. The molecule has 2 aromatic carbocycles. The van der Waals surface area contributed by atoms with Gasteiger partial charge in [-0.25, -0.2) is 0 Å². The Hall–Kier alpha value is -3.32. The molecule has 146 valence electrons. The SMILES string of the molecule is COc1cc(C=C(NC(C)=O)C(=O)Nc2ccc(Cl)cc2)ccc1OC(C)=O. The molecule has 0 spiro atoms. The smallest absolute Gasteiger partial charge is 0.308 e. The summed E-state index contributed by atoms with van der Waals surface area (Å²) in [5.41, 5.74) is 1.11. The van der Waals surface area contributed by atoms with Crippen LogP contribution in [0.4, 0.5) is 5.69 Å². The lowest BCUT2D eigenvalue weighted by molar-refractivity contribution is -0.132. The predicted octanol–water partition coefficient (Wildman–Crippen LogP) is 3.39. The number of benzene rings is 2. The fraction of sp³-hybridized carbons (Fsp3) is 0.150. The summed E-state index contributed by atoms with van der Waals surface area (Å²) in [6.45, 7) is 2.58. The van der Waals surface area contributed by atoms with Crippen molar-refractivity contribution in [3.05, 3.63) is 58.7 Å². The number of hydrogen-bond donors (Lipinski definition) is 2. The van der Waals surface area contributed by atoms with E-state index in [1.54, 1.807) is 36.4 Å². The molecule has 0 bridgehead atoms. The Morgan fingerprint density at radius 1 is 1.00 bits per heavy atom. The Balaban J connectivity index is 2.31. The lowest BCUT2D eigenvalue weighted by Crippen LogP contribution is -2.28. The van der Waals surface area contributed by atoms with Crippen LogP contribution in [-0.2, 0) is 14.4 Å². The number of rotatable bonds is 6. The molecule has 7 nitrogen and oxygen atoms in total. The lowest BCUT2D eigenvalue weighted by atomic mass is 10.1. The highest BCUT2D eigenvalue weighted by Gasteiger charge is 2.13. The van der Waals surface area contributed by atoms with Crippen LogP contribution in [0.15, 0.2) is 48.2 Å². The molecule has 0 unspecified atom stereocenters. The number of halogens is 1. The Kier molecular flexibility index (Phi) is 7.17. The fourth-order valence-electron chi connectivity index (χ4n) is 2.26. The van der Waals surface area contributed by atoms with Gasteiger partial charge in [-0.15, -0.1) is 0 Å². The van der Waals surface area contributed by atoms with E-state index in [1.807, 2.05) is 0 Å². The van der Waals surface area contributed by atoms with Crippen LogP contribution in [-0.4, -0.2) is 24.9 Å². The van der Waals surface area contributed by atoms with Crippen molar-refractivity contribution in [2.75, 3.05) is 12.4 Å². The molecule has 2 amide bonds. The number of carbonyl (C=O) groups is 3. The molecule has 0 aliphatic rings. The Labute approximate surface area is 167 Å². The third-order valence-corrected chi connectivity index (χ3v) is 3.66. The van der Waals surface area contributed by atoms with E-state index in [0.717, 1.165) is 0 Å². The van der Waals surface area contributed by atoms with Crippen molar-refractivity contribution in [1.29, 1.82) is 0 Å². The van der Waals surface area contributed by atoms with E-state index in [0.29, 0.717) is 22.0 Å². The normalized spacial score (nSPS) is 10.8. The first-order valence-electron chi connectivity index (χ1n) is 8.21. The topological polar surface area (TPSA) is 93.7 Å². The molecule has 2 rings (SSSR count). The number of ether oxygens (including phenoxy) is 2. The molecule has 0 atom stereocenters. The van der Waals surface area contributed by atoms with E-state index in [9.17, 15) is 14.4 Å². The maximum atomic E-state index is 12.6. The van der Waals surface area contributed by atoms with Crippen LogP contribution in [0.2, 0.25) is 5.02 Å². The number of amides is 2. The molecule has 8 heteroatoms. The summed E-state index contributed by atoms with van der Waals surface area (Å²) in [5, 5.41) is 5.72. The van der Waals surface area contributed by atoms with Crippen molar-refractivity contribution in [2.45, 2.75) is 13.8 Å². The van der Waals surface area contributed by atoms with Gasteiger partial charge in [0.05, 0.1) is 7.11 Å². The van der Waals surface area contributed by atoms with Gasteiger partial charge in [0, 0.05) is 24.6 Å². The van der Waals surface area contributed by atoms with Gasteiger partial charge < -0.3 is 20.1 Å². The quantitative estimate of drug-likeness (QED) is 0.439. The highest BCUT2D eigenvalue weighted by Crippen LogP contribution is 2.29. The minimum atomic E-state index is -0.513. The molecule has 0 aliphatic carbocycles. The Morgan fingerprint density at radius 3 is 2.25 bits per heavy atom. The molecule has 2 N–H and O–H groups in total. The second-order valence-corrected chi connectivity index (χ2v) is 6.14. The first kappa shape index (κ1) is 21.0. The third kappa shape index (κ3) is 6.14. The lowest BCUT2D eigenvalue weighted by Gasteiger charge is -2.11. The van der Waals surface area contributed by atoms with E-state index in [1.165, 1.54) is 33.1 Å². The fourth-order valence-corrected chi connectivity index (χ4v) is 2.39. The van der Waals surface area contributed by atoms with Crippen LogP contribution in [0.3, 0.4) is 0 Å². The van der Waals surface area contributed by atoms with Crippen LogP contribution in [0, 0.1) is 0 Å². The van der Waals surface area contributed by atoms with Crippen LogP contribution < -0.4 is 20.1 Å². The molecule has 0 saturated heterocycles. The minimum absolute atomic E-state index is 0.0322. The van der Waals surface area contributed by atoms with E-state index in [-0.39, 0.29) is 11.4 Å². The van der Waals surface area contributed by atoms with Crippen molar-refractivity contribution in [3.8, 4) is 11.5 Å². The predicted molar refractivity (Wildman–Crippen MR) is 106 cm³/mol. The number of hydrogen-bond acceptors (Lipinski definition) is 5. The van der Waals surface area contributed by atoms with Gasteiger partial charge in [0.25, 0.3) is 5.91 Å². The zero-order valence-corrected chi connectivity index (χ0v) is 16.3. The zero-order valence-electron chi connectivity index (χ0n) is 15.5. The second-order valence-electron chi connectivity index (χ2n) is 5.70. The van der Waals surface area contributed by atoms with Gasteiger partial charge in [0.2, 0.25) is 5.91 Å². The largest absolute Gasteiger partial charge is 0.493 e. The van der Waals surface area contributed by atoms with Crippen molar-refractivity contribution in [3.63, 3.8) is 0 Å². The summed E-state index contributed by atoms with van der Waals surface area (Å²) >= 11 is 5.84. The number of carbonyl (C=O) groups excluding carboxylic acids is 3. The average molecular weight is 403 g/mol. The van der Waals surface area contributed by atoms with Crippen molar-refractivity contribution in [1.82, 2.24) is 5.32 Å². The molecule has 0 aliphatic heterocycles. The highest BCUT2D eigenvalue weighted by molar-refractivity contribution is 6.30. The molecule has 0 heterocycles. The van der Waals surface area contributed by atoms with Gasteiger partial charge in [-0.3, -0.25) is 14.4 Å². The Morgan fingerprint density at radius 2 is 1.68 bits per heavy atom. The maximum Gasteiger partial charge on any atom is 0.308 e. The van der Waals surface area contributed by atoms with E-state index in [4.69, 9.17) is 21.1 Å². The monoisotopic (exact) mass is 402 g/mol. The second kappa shape index (κ2) is 9.57. The van der Waals surface area contributed by atoms with Gasteiger partial charge in [-0.1, -0.05) is 17.7 Å². The summed E-state index contributed by atoms with van der Waals surface area (Å²) in [6.07, 6.45) is 1.48. The number of methoxy groups -OCH3 is 1. The summed E-state index contributed by atoms with van der Waals surface area (Å²) in [6, 6.07) is 11.3. The minimum Gasteiger partial charge on any atom is -0.493 e. The van der Waals surface area contributed by atoms with Gasteiger partial charge in [-0.05, 0) is 48.0 Å². The van der Waals surface area contributed by atoms with Crippen LogP contribution in [0.25, 0.3) is 6.08 Å². The van der Waals surface area contributed by atoms with Crippen molar-refractivity contribution in [2.24, 2.45) is 0 Å². The third-order valence-electron chi connectivity index (χ3n) is 3.41. The zero-order chi connectivity index (χ0) is 20.7. The summed E-state index contributed by atoms with van der Waals surface area (Å²) in [4.78, 5) is 35.2. The first-order chi connectivity index (χ1) is 13.3. The highest BCUT2D eigenvalue weighted by atomic mass is 35.5. The molecular weight excluding hydrogens is 384 g/mol. The molecule has 0 aromatic heterocycles. The molecular formula is C20H19ClN2O5. The molecule has 0 fully saturated rings. The van der Waals surface area contributed by atoms with Crippen LogP contribution in [0.1, 0.15) is 19.4 Å². The summed E-state index contributed by atoms with van der Waals surface area (Å²) in [5.74, 6) is -0.840. The van der Waals surface area contributed by atoms with Gasteiger partial charge in [0.15, 0.2) is 11.5 Å². The van der Waals surface area contributed by atoms with Crippen LogP contribution in [0.5, 0.6) is 11.5 Å². The van der Waals surface area contributed by atoms with E-state index < -0.39 is 17.8 Å². The van der Waals surface area contributed by atoms with Crippen molar-refractivity contribution < 1.29 is 23.9 Å². The standard InChI is InChI=1S/C20H19ClN2O5/c1-12(24)22-17(20(26)23-16-7-5-15(21)6-8-16)10-14-4-9-18(28-13(2)25)19(11-14)27-3/h4-11H,1-3H3,(H,22,24)(H,23,26). The summed E-state index contributed by atoms with van der Waals surface area (Å²) in [7, 11) is 1.43. The number of anilines is 1. The van der Waals surface area contributed by atoms with Gasteiger partial charge in [0.1, 0.15) is 5.70 Å². The molecule has 0 radical (unpaired) electrons. The van der Waals surface area contributed by atoms with Gasteiger partial charge in [-0.2, -0.15) is 0 Å². The van der Waals surface area contributed by atoms with Crippen molar-refractivity contribution >= 4 is 41.1 Å². The molecule has 2 aromatic rings. The summed E-state index contributed by atoms with van der Waals surface area (Å²) < 4.78 is 10.3. The maximum absolute atomic E-state index is 12.6. The number of nitrogens with one attached hydrogen (secondary N) is 2. The van der Waals surface area contributed by atoms with Gasteiger partial charge >= 0.3 is 5.97 Å². The number of esters is 1. The molecule has 28 heavy (non-hydrogen) atoms. The van der Waals surface area contributed by atoms with E-state index in [2.05, 4.69) is 10.6 Å².